The number of nitrogens with one attached hydrogen (secondary N) is 1. The van der Waals surface area contributed by atoms with Gasteiger partial charge in [-0.05, 0) is 11.8 Å². The summed E-state index contributed by atoms with van der Waals surface area (Å²) in [4.78, 5) is 40.0. The molecule has 0 radical (unpaired) electrons. The monoisotopic (exact) mass is 365 g/mol. The van der Waals surface area contributed by atoms with Crippen molar-refractivity contribution in [1.29, 1.82) is 0 Å². The summed E-state index contributed by atoms with van der Waals surface area (Å²) in [5.41, 5.74) is 5.20. The van der Waals surface area contributed by atoms with E-state index in [9.17, 15) is 9.18 Å². The molecule has 3 rings (SSSR count). The molecule has 0 spiro atoms. The van der Waals surface area contributed by atoms with Crippen LogP contribution in [0.25, 0.3) is 11.2 Å². The lowest BCUT2D eigenvalue weighted by Crippen LogP contribution is -2.23. The third-order valence-electron chi connectivity index (χ3n) is 3.33. The van der Waals surface area contributed by atoms with Crippen LogP contribution in [0, 0.1) is 0 Å². The molecule has 1 aliphatic heterocycles. The number of hydrogen-bond donors (Lipinski definition) is 4. The molecule has 0 unspecified atom stereocenters. The van der Waals surface area contributed by atoms with E-state index in [0.29, 0.717) is 0 Å². The number of imidazole rings is 1. The minimum atomic E-state index is -3.88. The Bertz CT molecular complexity index is 837. The molecule has 3 heterocycles. The van der Waals surface area contributed by atoms with Crippen LogP contribution < -0.4 is 11.3 Å². The van der Waals surface area contributed by atoms with Crippen molar-refractivity contribution in [2.75, 3.05) is 12.3 Å². The lowest BCUT2D eigenvalue weighted by molar-refractivity contribution is -0.0291. The van der Waals surface area contributed by atoms with Crippen LogP contribution in [0.15, 0.2) is 11.1 Å². The fraction of sp³-hybridized carbons (Fsp3) is 0.500. The largest absolute Gasteiger partial charge is 0.369 e. The molecule has 0 saturated carbocycles. The van der Waals surface area contributed by atoms with Crippen LogP contribution in [0.3, 0.4) is 0 Å². The smallest absolute Gasteiger partial charge is 0.321 e. The van der Waals surface area contributed by atoms with E-state index >= 15 is 0 Å². The van der Waals surface area contributed by atoms with E-state index < -0.39 is 37.4 Å². The van der Waals surface area contributed by atoms with Gasteiger partial charge in [0.05, 0.1) is 12.9 Å². The Hall–Kier alpha value is -1.43. The van der Waals surface area contributed by atoms with Crippen molar-refractivity contribution in [3.63, 3.8) is 0 Å². The number of nitrogen functional groups attached to an aromatic ring is 1. The molecule has 10 nitrogen and oxygen atoms in total. The van der Waals surface area contributed by atoms with E-state index in [1.165, 1.54) is 10.9 Å². The number of ether oxygens (including phenoxy) is 1. The molecule has 1 fully saturated rings. The van der Waals surface area contributed by atoms with Crippen molar-refractivity contribution in [3.05, 3.63) is 16.7 Å². The lowest BCUT2D eigenvalue weighted by Gasteiger charge is -2.16. The fourth-order valence-electron chi connectivity index (χ4n) is 2.33. The minimum absolute atomic E-state index is 0.0480. The van der Waals surface area contributed by atoms with Gasteiger partial charge in [0.2, 0.25) is 5.95 Å². The van der Waals surface area contributed by atoms with Crippen molar-refractivity contribution < 1.29 is 23.4 Å². The Balaban J connectivity index is 1.84. The minimum Gasteiger partial charge on any atom is -0.369 e. The summed E-state index contributed by atoms with van der Waals surface area (Å²) in [5.74, 6) is -0.0971. The number of aromatic amines is 1. The van der Waals surface area contributed by atoms with Gasteiger partial charge in [0.1, 0.15) is 18.5 Å². The van der Waals surface area contributed by atoms with Crippen molar-refractivity contribution in [2.24, 2.45) is 0 Å². The second kappa shape index (κ2) is 5.89. The molecule has 1 aliphatic rings. The molecule has 5 N–H and O–H groups in total. The van der Waals surface area contributed by atoms with Crippen LogP contribution in [0.5, 0.6) is 0 Å². The van der Waals surface area contributed by atoms with Crippen LogP contribution in [-0.4, -0.2) is 48.2 Å². The third-order valence-corrected chi connectivity index (χ3v) is 4.13. The van der Waals surface area contributed by atoms with Gasteiger partial charge in [-0.3, -0.25) is 14.3 Å². The topological polar surface area (TPSA) is 149 Å². The van der Waals surface area contributed by atoms with E-state index in [1.807, 2.05) is 0 Å². The summed E-state index contributed by atoms with van der Waals surface area (Å²) >= 11 is 4.30. The number of halogens is 1. The number of nitrogens with two attached hydrogens (primary N) is 1. The van der Waals surface area contributed by atoms with Gasteiger partial charge in [-0.2, -0.15) is 4.98 Å². The summed E-state index contributed by atoms with van der Waals surface area (Å²) in [6.45, 7) is -4.28. The third kappa shape index (κ3) is 3.42. The molecule has 126 valence electrons. The van der Waals surface area contributed by atoms with Gasteiger partial charge in [0.15, 0.2) is 11.2 Å². The quantitative estimate of drug-likeness (QED) is 0.529. The number of H-pyrrole nitrogens is 1. The predicted octanol–water partition coefficient (Wildman–Crippen LogP) is -0.447. The zero-order valence-electron chi connectivity index (χ0n) is 11.5. The Morgan fingerprint density at radius 2 is 2.39 bits per heavy atom. The summed E-state index contributed by atoms with van der Waals surface area (Å²) in [6, 6.07) is 0. The maximum Gasteiger partial charge on any atom is 0.321 e. The molecule has 1 saturated heterocycles. The number of anilines is 1. The van der Waals surface area contributed by atoms with Gasteiger partial charge >= 0.3 is 6.72 Å². The second-order valence-corrected chi connectivity index (χ2v) is 7.61. The van der Waals surface area contributed by atoms with E-state index in [4.69, 9.17) is 20.3 Å². The summed E-state index contributed by atoms with van der Waals surface area (Å²) < 4.78 is 25.5. The second-order valence-electron chi connectivity index (χ2n) is 4.94. The van der Waals surface area contributed by atoms with Crippen molar-refractivity contribution in [3.8, 4) is 0 Å². The lowest BCUT2D eigenvalue weighted by atomic mass is 10.2. The molecular weight excluding hydrogens is 352 g/mol. The molecule has 23 heavy (non-hydrogen) atoms. The highest BCUT2D eigenvalue weighted by Gasteiger charge is 2.38. The van der Waals surface area contributed by atoms with Crippen molar-refractivity contribution in [1.82, 2.24) is 19.5 Å². The van der Waals surface area contributed by atoms with E-state index in [2.05, 4.69) is 31.3 Å². The molecule has 3 atom stereocenters. The number of aromatic nitrogens is 4. The summed E-state index contributed by atoms with van der Waals surface area (Å²) in [6.07, 6.45) is -1.98. The molecule has 0 bridgehead atoms. The predicted molar refractivity (Wildman–Crippen MR) is 80.7 cm³/mol. The SMILES string of the molecule is Nc1nc2c(ncn2[C@H]2C[C@@H](F)[C@@H](COP(O)(O)=S)O2)c(=O)[nH]1. The Kier molecular flexibility index (Phi) is 4.21. The normalized spacial score (nSPS) is 25.3. The van der Waals surface area contributed by atoms with Gasteiger partial charge in [0.25, 0.3) is 5.56 Å². The molecular formula is C10H13FN5O5PS. The van der Waals surface area contributed by atoms with E-state index in [0.717, 1.165) is 0 Å². The maximum atomic E-state index is 14.0. The van der Waals surface area contributed by atoms with Crippen LogP contribution in [0.2, 0.25) is 0 Å². The highest BCUT2D eigenvalue weighted by atomic mass is 32.5. The average molecular weight is 365 g/mol. The number of rotatable bonds is 4. The maximum absolute atomic E-state index is 14.0. The molecule has 2 aromatic heterocycles. The van der Waals surface area contributed by atoms with Crippen molar-refractivity contribution in [2.45, 2.75) is 24.9 Å². The highest BCUT2D eigenvalue weighted by molar-refractivity contribution is 8.06. The molecule has 2 aromatic rings. The number of fused-ring (bicyclic) bond motifs is 1. The van der Waals surface area contributed by atoms with Crippen LogP contribution >= 0.6 is 6.72 Å². The van der Waals surface area contributed by atoms with Gasteiger partial charge in [0, 0.05) is 6.42 Å². The van der Waals surface area contributed by atoms with Crippen LogP contribution in [-0.2, 0) is 21.1 Å². The van der Waals surface area contributed by atoms with Crippen LogP contribution in [0.4, 0.5) is 10.3 Å². The Labute approximate surface area is 133 Å². The van der Waals surface area contributed by atoms with Crippen molar-refractivity contribution >= 4 is 35.6 Å². The average Bonchev–Trinajstić information content (AvgIpc) is 2.99. The van der Waals surface area contributed by atoms with Gasteiger partial charge in [-0.15, -0.1) is 0 Å². The summed E-state index contributed by atoms with van der Waals surface area (Å²) in [5, 5.41) is 0. The van der Waals surface area contributed by atoms with Gasteiger partial charge in [-0.1, -0.05) is 0 Å². The highest BCUT2D eigenvalue weighted by Crippen LogP contribution is 2.39. The summed E-state index contributed by atoms with van der Waals surface area (Å²) in [7, 11) is 0. The Morgan fingerprint density at radius 3 is 3.09 bits per heavy atom. The van der Waals surface area contributed by atoms with Gasteiger partial charge < -0.3 is 24.8 Å². The number of hydrogen-bond acceptors (Lipinski definition) is 7. The molecule has 0 amide bonds. The zero-order chi connectivity index (χ0) is 16.8. The van der Waals surface area contributed by atoms with E-state index in [1.54, 1.807) is 0 Å². The van der Waals surface area contributed by atoms with Crippen LogP contribution in [0.1, 0.15) is 12.6 Å². The molecule has 0 aliphatic carbocycles. The number of nitrogens with zero attached hydrogens (tertiary/aromatic N) is 3. The molecule has 13 heteroatoms. The van der Waals surface area contributed by atoms with Gasteiger partial charge in [-0.25, -0.2) is 9.37 Å². The first kappa shape index (κ1) is 16.4. The zero-order valence-corrected chi connectivity index (χ0v) is 13.2. The molecule has 0 aromatic carbocycles. The number of alkyl halides is 1. The standard InChI is InChI=1S/C10H13FN5O5PS/c11-4-1-6(21-5(4)2-20-22(18,19)23)16-3-13-7-8(16)14-10(12)15-9(7)17/h3-6H,1-2H2,(H2,18,19,23)(H3,12,14,15,17)/t4-,5-,6-/m1/s1. The van der Waals surface area contributed by atoms with E-state index in [-0.39, 0.29) is 23.5 Å². The first-order chi connectivity index (χ1) is 10.7. The fourth-order valence-corrected chi connectivity index (χ4v) is 2.86. The first-order valence-corrected chi connectivity index (χ1v) is 9.09. The first-order valence-electron chi connectivity index (χ1n) is 6.46. The Morgan fingerprint density at radius 1 is 1.65 bits per heavy atom.